The normalized spacial score (nSPS) is 25.7. The summed E-state index contributed by atoms with van der Waals surface area (Å²) in [6.07, 6.45) is 2.42. The molecule has 0 radical (unpaired) electrons. The fraction of sp³-hybridized carbons (Fsp3) is 0.562. The van der Waals surface area contributed by atoms with Gasteiger partial charge in [0.15, 0.2) is 0 Å². The second-order valence-corrected chi connectivity index (χ2v) is 6.41. The monoisotopic (exact) mass is 242 g/mol. The fourth-order valence-electron chi connectivity index (χ4n) is 3.22. The van der Waals surface area contributed by atoms with Crippen LogP contribution in [0.15, 0.2) is 18.2 Å². The first kappa shape index (κ1) is 13.0. The van der Waals surface area contributed by atoms with E-state index in [1.54, 1.807) is 0 Å². The quantitative estimate of drug-likeness (QED) is 0.847. The van der Waals surface area contributed by atoms with Crippen LogP contribution in [0.3, 0.4) is 0 Å². The largest absolute Gasteiger partial charge is 0.381 e. The number of benzene rings is 1. The van der Waals surface area contributed by atoms with E-state index in [-0.39, 0.29) is 0 Å². The Bertz CT molecular complexity index is 482. The zero-order valence-corrected chi connectivity index (χ0v) is 11.7. The lowest BCUT2D eigenvalue weighted by Crippen LogP contribution is -2.23. The molecule has 2 atom stereocenters. The van der Waals surface area contributed by atoms with Crippen molar-refractivity contribution < 1.29 is 0 Å². The average molecular weight is 242 g/mol. The summed E-state index contributed by atoms with van der Waals surface area (Å²) in [6.45, 7) is 8.94. The van der Waals surface area contributed by atoms with Gasteiger partial charge in [-0.05, 0) is 42.7 Å². The number of nitriles is 1. The third kappa shape index (κ3) is 2.51. The number of hydrogen-bond donors (Lipinski definition) is 1. The van der Waals surface area contributed by atoms with Gasteiger partial charge in [0.2, 0.25) is 0 Å². The number of hydrogen-bond acceptors (Lipinski definition) is 2. The molecule has 0 saturated heterocycles. The number of nitrogens with one attached hydrogen (secondary N) is 1. The average Bonchev–Trinajstić information content (AvgIpc) is 2.52. The second-order valence-electron chi connectivity index (χ2n) is 6.41. The first-order valence-corrected chi connectivity index (χ1v) is 6.69. The molecule has 1 aliphatic carbocycles. The van der Waals surface area contributed by atoms with Gasteiger partial charge in [-0.15, -0.1) is 0 Å². The zero-order chi connectivity index (χ0) is 13.3. The van der Waals surface area contributed by atoms with Gasteiger partial charge in [0, 0.05) is 6.04 Å². The molecule has 0 aliphatic heterocycles. The predicted molar refractivity (Wildman–Crippen MR) is 75.5 cm³/mol. The summed E-state index contributed by atoms with van der Waals surface area (Å²) in [5.74, 6) is 0.659. The number of aryl methyl sites for hydroxylation is 1. The summed E-state index contributed by atoms with van der Waals surface area (Å²) >= 11 is 0. The molecule has 0 spiro atoms. The smallest absolute Gasteiger partial charge is 0.102 e. The lowest BCUT2D eigenvalue weighted by Gasteiger charge is -2.21. The van der Waals surface area contributed by atoms with Crippen molar-refractivity contribution in [2.45, 2.75) is 46.6 Å². The van der Waals surface area contributed by atoms with Crippen molar-refractivity contribution in [3.05, 3.63) is 29.3 Å². The minimum absolute atomic E-state index is 0.410. The van der Waals surface area contributed by atoms with E-state index in [4.69, 9.17) is 0 Å². The highest BCUT2D eigenvalue weighted by Crippen LogP contribution is 2.42. The van der Waals surface area contributed by atoms with E-state index in [1.165, 1.54) is 12.8 Å². The highest BCUT2D eigenvalue weighted by Gasteiger charge is 2.36. The van der Waals surface area contributed by atoms with E-state index in [0.29, 0.717) is 17.4 Å². The topological polar surface area (TPSA) is 35.8 Å². The Labute approximate surface area is 110 Å². The van der Waals surface area contributed by atoms with E-state index >= 15 is 0 Å². The molecule has 1 N–H and O–H groups in total. The van der Waals surface area contributed by atoms with Crippen molar-refractivity contribution >= 4 is 5.69 Å². The van der Waals surface area contributed by atoms with Gasteiger partial charge in [0.1, 0.15) is 6.07 Å². The standard InChI is InChI=1S/C16H22N2/c1-11-6-5-7-14(13(11)10-17)18-15-9-16(3,4)8-12(15)2/h5-7,12,15,18H,8-9H2,1-4H3. The molecule has 96 valence electrons. The van der Waals surface area contributed by atoms with Crippen LogP contribution in [0.25, 0.3) is 0 Å². The molecule has 1 aromatic rings. The van der Waals surface area contributed by atoms with Crippen molar-refractivity contribution in [1.82, 2.24) is 0 Å². The predicted octanol–water partition coefficient (Wildman–Crippen LogP) is 4.10. The molecule has 0 aromatic heterocycles. The van der Waals surface area contributed by atoms with Crippen molar-refractivity contribution in [3.63, 3.8) is 0 Å². The van der Waals surface area contributed by atoms with Crippen LogP contribution < -0.4 is 5.32 Å². The molecular weight excluding hydrogens is 220 g/mol. The molecule has 1 aromatic carbocycles. The molecule has 2 nitrogen and oxygen atoms in total. The Morgan fingerprint density at radius 1 is 1.33 bits per heavy atom. The minimum Gasteiger partial charge on any atom is -0.381 e. The van der Waals surface area contributed by atoms with Gasteiger partial charge in [-0.2, -0.15) is 5.26 Å². The van der Waals surface area contributed by atoms with Crippen LogP contribution in [-0.4, -0.2) is 6.04 Å². The van der Waals surface area contributed by atoms with Gasteiger partial charge < -0.3 is 5.32 Å². The molecular formula is C16H22N2. The highest BCUT2D eigenvalue weighted by atomic mass is 14.9. The van der Waals surface area contributed by atoms with E-state index in [9.17, 15) is 5.26 Å². The Morgan fingerprint density at radius 2 is 2.06 bits per heavy atom. The summed E-state index contributed by atoms with van der Waals surface area (Å²) < 4.78 is 0. The first-order chi connectivity index (χ1) is 8.43. The van der Waals surface area contributed by atoms with Crippen molar-refractivity contribution in [2.24, 2.45) is 11.3 Å². The molecule has 1 fully saturated rings. The maximum atomic E-state index is 9.25. The Hall–Kier alpha value is -1.49. The zero-order valence-electron chi connectivity index (χ0n) is 11.7. The summed E-state index contributed by atoms with van der Waals surface area (Å²) in [5, 5.41) is 12.8. The summed E-state index contributed by atoms with van der Waals surface area (Å²) in [4.78, 5) is 0. The lowest BCUT2D eigenvalue weighted by atomic mass is 9.91. The van der Waals surface area contributed by atoms with Crippen LogP contribution in [0.4, 0.5) is 5.69 Å². The highest BCUT2D eigenvalue weighted by molar-refractivity contribution is 5.61. The molecule has 2 unspecified atom stereocenters. The van der Waals surface area contributed by atoms with Crippen molar-refractivity contribution in [1.29, 1.82) is 5.26 Å². The maximum absolute atomic E-state index is 9.25. The number of anilines is 1. The van der Waals surface area contributed by atoms with Gasteiger partial charge >= 0.3 is 0 Å². The molecule has 0 heterocycles. The third-order valence-electron chi connectivity index (χ3n) is 4.06. The number of nitrogens with zero attached hydrogens (tertiary/aromatic N) is 1. The number of rotatable bonds is 2. The van der Waals surface area contributed by atoms with Gasteiger partial charge in [-0.3, -0.25) is 0 Å². The Morgan fingerprint density at radius 3 is 2.61 bits per heavy atom. The van der Waals surface area contributed by atoms with Crippen LogP contribution in [0, 0.1) is 29.6 Å². The minimum atomic E-state index is 0.410. The maximum Gasteiger partial charge on any atom is 0.102 e. The van der Waals surface area contributed by atoms with Crippen molar-refractivity contribution in [3.8, 4) is 6.07 Å². The van der Waals surface area contributed by atoms with Crippen LogP contribution in [-0.2, 0) is 0 Å². The third-order valence-corrected chi connectivity index (χ3v) is 4.06. The van der Waals surface area contributed by atoms with Gasteiger partial charge in [0.05, 0.1) is 11.3 Å². The molecule has 18 heavy (non-hydrogen) atoms. The molecule has 1 aliphatic rings. The lowest BCUT2D eigenvalue weighted by molar-refractivity contribution is 0.366. The van der Waals surface area contributed by atoms with Crippen LogP contribution in [0.2, 0.25) is 0 Å². The van der Waals surface area contributed by atoms with Gasteiger partial charge in [0.25, 0.3) is 0 Å². The van der Waals surface area contributed by atoms with E-state index in [0.717, 1.165) is 16.8 Å². The van der Waals surface area contributed by atoms with E-state index in [1.807, 2.05) is 25.1 Å². The summed E-state index contributed by atoms with van der Waals surface area (Å²) in [7, 11) is 0. The second kappa shape index (κ2) is 4.65. The van der Waals surface area contributed by atoms with Crippen molar-refractivity contribution in [2.75, 3.05) is 5.32 Å². The first-order valence-electron chi connectivity index (χ1n) is 6.69. The van der Waals surface area contributed by atoms with Crippen LogP contribution in [0.1, 0.15) is 44.7 Å². The molecule has 0 amide bonds. The van der Waals surface area contributed by atoms with Crippen LogP contribution >= 0.6 is 0 Å². The van der Waals surface area contributed by atoms with Crippen LogP contribution in [0.5, 0.6) is 0 Å². The fourth-order valence-corrected chi connectivity index (χ4v) is 3.22. The molecule has 2 heteroatoms. The van der Waals surface area contributed by atoms with Gasteiger partial charge in [-0.25, -0.2) is 0 Å². The Balaban J connectivity index is 2.21. The molecule has 0 bridgehead atoms. The molecule has 1 saturated carbocycles. The van der Waals surface area contributed by atoms with E-state index < -0.39 is 0 Å². The van der Waals surface area contributed by atoms with Gasteiger partial charge in [-0.1, -0.05) is 32.9 Å². The molecule has 2 rings (SSSR count). The van der Waals surface area contributed by atoms with E-state index in [2.05, 4.69) is 32.2 Å². The Kier molecular flexibility index (Phi) is 3.34. The SMILES string of the molecule is Cc1cccc(NC2CC(C)(C)CC2C)c1C#N. The summed E-state index contributed by atoms with van der Waals surface area (Å²) in [5.41, 5.74) is 3.24. The summed E-state index contributed by atoms with van der Waals surface area (Å²) in [6, 6.07) is 8.82.